The van der Waals surface area contributed by atoms with Crippen LogP contribution >= 0.6 is 0 Å². The Kier molecular flexibility index (Phi) is 8.41. The normalized spacial score (nSPS) is 18.4. The molecule has 1 aromatic carbocycles. The molecule has 2 fully saturated rings. The number of aromatic amines is 1. The van der Waals surface area contributed by atoms with Gasteiger partial charge in [-0.05, 0) is 38.3 Å². The minimum absolute atomic E-state index is 0.130. The van der Waals surface area contributed by atoms with Gasteiger partial charge in [0.05, 0.1) is 41.9 Å². The number of nitrogens with one attached hydrogen (secondary N) is 3. The van der Waals surface area contributed by atoms with Gasteiger partial charge in [-0.1, -0.05) is 6.92 Å². The number of anilines is 3. The molecule has 2 aromatic heterocycles. The molecule has 0 radical (unpaired) electrons. The highest BCUT2D eigenvalue weighted by atomic mass is 32.2. The molecular weight excluding hydrogens is 532 g/mol. The Morgan fingerprint density at radius 1 is 1.23 bits per heavy atom. The molecule has 4 heterocycles. The van der Waals surface area contributed by atoms with Crippen LogP contribution in [0.2, 0.25) is 0 Å². The summed E-state index contributed by atoms with van der Waals surface area (Å²) in [5.74, 6) is 1.18. The number of nitrogens with zero attached hydrogens (tertiary/aromatic N) is 5. The number of rotatable bonds is 9. The van der Waals surface area contributed by atoms with E-state index in [4.69, 9.17) is 9.47 Å². The summed E-state index contributed by atoms with van der Waals surface area (Å²) in [5.41, 5.74) is 1.49. The second-order valence-corrected chi connectivity index (χ2v) is 12.1. The summed E-state index contributed by atoms with van der Waals surface area (Å²) in [6.45, 7) is 8.33. The average Bonchev–Trinajstić information content (AvgIpc) is 3.41. The Morgan fingerprint density at radius 2 is 1.98 bits per heavy atom. The van der Waals surface area contributed by atoms with E-state index >= 15 is 0 Å². The Hall–Kier alpha value is -3.44. The van der Waals surface area contributed by atoms with Crippen molar-refractivity contribution in [2.45, 2.75) is 50.1 Å². The van der Waals surface area contributed by atoms with E-state index in [-0.39, 0.29) is 16.9 Å². The van der Waals surface area contributed by atoms with Crippen molar-refractivity contribution >= 4 is 38.5 Å². The maximum Gasteiger partial charge on any atom is 0.243 e. The van der Waals surface area contributed by atoms with E-state index in [0.717, 1.165) is 45.6 Å². The number of fused-ring (bicyclic) bond motifs is 1. The van der Waals surface area contributed by atoms with Crippen LogP contribution in [-0.4, -0.2) is 91.2 Å². The number of morpholine rings is 1. The molecule has 5 rings (SSSR count). The fourth-order valence-corrected chi connectivity index (χ4v) is 6.70. The predicted octanol–water partition coefficient (Wildman–Crippen LogP) is 3.28. The number of piperidine rings is 1. The lowest BCUT2D eigenvalue weighted by atomic mass is 10.0. The largest absolute Gasteiger partial charge is 0.495 e. The van der Waals surface area contributed by atoms with Gasteiger partial charge in [-0.2, -0.15) is 19.5 Å². The monoisotopic (exact) mass is 568 g/mol. The molecule has 2 aliphatic rings. The number of hydrogen-bond donors (Lipinski definition) is 3. The van der Waals surface area contributed by atoms with Crippen molar-refractivity contribution in [2.75, 3.05) is 57.1 Å². The molecule has 0 spiro atoms. The van der Waals surface area contributed by atoms with Crippen LogP contribution in [-0.2, 0) is 14.8 Å². The van der Waals surface area contributed by atoms with Gasteiger partial charge in [-0.25, -0.2) is 8.42 Å². The molecule has 1 atom stereocenters. The van der Waals surface area contributed by atoms with E-state index in [1.54, 1.807) is 22.6 Å². The van der Waals surface area contributed by atoms with Crippen molar-refractivity contribution in [1.82, 2.24) is 24.2 Å². The summed E-state index contributed by atoms with van der Waals surface area (Å²) >= 11 is 0. The van der Waals surface area contributed by atoms with Crippen molar-refractivity contribution in [3.63, 3.8) is 0 Å². The summed E-state index contributed by atoms with van der Waals surface area (Å²) in [6, 6.07) is 7.47. The lowest BCUT2D eigenvalue weighted by Gasteiger charge is -2.39. The third-order valence-corrected chi connectivity index (χ3v) is 9.58. The van der Waals surface area contributed by atoms with Crippen molar-refractivity contribution in [3.8, 4) is 11.8 Å². The standard InChI is InChI=1S/C27H36N8O4S/c1-4-18(2)30-26-24-19(16-28)17-29-25(24)32-27(33-26)31-22-6-5-21(15-23(22)38-3)40(36,37)35-9-7-20(8-10-35)34-11-13-39-14-12-34/h5-6,15,17-18,20H,4,7-14H2,1-3H3,(H3,29,30,31,32,33)/t18-/m1/s1. The van der Waals surface area contributed by atoms with E-state index in [0.29, 0.717) is 53.0 Å². The highest BCUT2D eigenvalue weighted by molar-refractivity contribution is 7.89. The Morgan fingerprint density at radius 3 is 2.65 bits per heavy atom. The first kappa shape index (κ1) is 28.1. The van der Waals surface area contributed by atoms with E-state index in [1.165, 1.54) is 13.2 Å². The Bertz CT molecular complexity index is 1490. The van der Waals surface area contributed by atoms with Crippen molar-refractivity contribution in [1.29, 1.82) is 5.26 Å². The zero-order chi connectivity index (χ0) is 28.3. The van der Waals surface area contributed by atoms with Crippen molar-refractivity contribution < 1.29 is 17.9 Å². The van der Waals surface area contributed by atoms with Crippen LogP contribution in [0.4, 0.5) is 17.5 Å². The number of benzene rings is 1. The molecule has 214 valence electrons. The lowest BCUT2D eigenvalue weighted by molar-refractivity contribution is 0.00610. The molecule has 0 bridgehead atoms. The van der Waals surface area contributed by atoms with Crippen LogP contribution in [0.25, 0.3) is 11.0 Å². The Labute approximate surface area is 234 Å². The highest BCUT2D eigenvalue weighted by Crippen LogP contribution is 2.33. The maximum absolute atomic E-state index is 13.5. The summed E-state index contributed by atoms with van der Waals surface area (Å²) in [5, 5.41) is 16.7. The number of methoxy groups -OCH3 is 1. The van der Waals surface area contributed by atoms with Gasteiger partial charge in [0.25, 0.3) is 0 Å². The number of sulfonamides is 1. The zero-order valence-electron chi connectivity index (χ0n) is 23.1. The van der Waals surface area contributed by atoms with Gasteiger partial charge in [0.15, 0.2) is 0 Å². The van der Waals surface area contributed by atoms with Crippen LogP contribution in [0.1, 0.15) is 38.7 Å². The number of H-pyrrole nitrogens is 1. The van der Waals surface area contributed by atoms with Gasteiger partial charge in [0.2, 0.25) is 16.0 Å². The van der Waals surface area contributed by atoms with Gasteiger partial charge >= 0.3 is 0 Å². The second kappa shape index (κ2) is 12.0. The van der Waals surface area contributed by atoms with E-state index in [2.05, 4.69) is 43.5 Å². The molecule has 3 aromatic rings. The predicted molar refractivity (Wildman–Crippen MR) is 152 cm³/mol. The fraction of sp³-hybridized carbons (Fsp3) is 0.519. The molecule has 0 aliphatic carbocycles. The van der Waals surface area contributed by atoms with Crippen LogP contribution in [0, 0.1) is 11.3 Å². The molecule has 0 unspecified atom stereocenters. The summed E-state index contributed by atoms with van der Waals surface area (Å²) in [6.07, 6.45) is 4.08. The molecule has 13 heteroatoms. The maximum atomic E-state index is 13.5. The molecule has 40 heavy (non-hydrogen) atoms. The first-order valence-electron chi connectivity index (χ1n) is 13.7. The number of ether oxygens (including phenoxy) is 2. The summed E-state index contributed by atoms with van der Waals surface area (Å²) < 4.78 is 39.6. The summed E-state index contributed by atoms with van der Waals surface area (Å²) in [4.78, 5) is 14.8. The number of nitriles is 1. The zero-order valence-corrected chi connectivity index (χ0v) is 23.9. The number of hydrogen-bond acceptors (Lipinski definition) is 10. The minimum atomic E-state index is -3.69. The smallest absolute Gasteiger partial charge is 0.243 e. The van der Waals surface area contributed by atoms with Gasteiger partial charge in [-0.3, -0.25) is 4.90 Å². The average molecular weight is 569 g/mol. The second-order valence-electron chi connectivity index (χ2n) is 10.2. The first-order chi connectivity index (χ1) is 19.3. The molecule has 12 nitrogen and oxygen atoms in total. The van der Waals surface area contributed by atoms with E-state index in [1.807, 2.05) is 6.92 Å². The molecule has 2 saturated heterocycles. The quantitative estimate of drug-likeness (QED) is 0.351. The Balaban J connectivity index is 1.35. The lowest BCUT2D eigenvalue weighted by Crippen LogP contribution is -2.50. The number of aromatic nitrogens is 3. The van der Waals surface area contributed by atoms with E-state index < -0.39 is 10.0 Å². The third-order valence-electron chi connectivity index (χ3n) is 7.69. The molecule has 3 N–H and O–H groups in total. The van der Waals surface area contributed by atoms with Crippen LogP contribution in [0.5, 0.6) is 5.75 Å². The minimum Gasteiger partial charge on any atom is -0.495 e. The van der Waals surface area contributed by atoms with Crippen LogP contribution in [0.15, 0.2) is 29.3 Å². The molecular formula is C27H36N8O4S. The molecule has 2 aliphatic heterocycles. The van der Waals surface area contributed by atoms with Crippen molar-refractivity contribution in [3.05, 3.63) is 30.0 Å². The fourth-order valence-electron chi connectivity index (χ4n) is 5.21. The van der Waals surface area contributed by atoms with Gasteiger partial charge in [0.1, 0.15) is 23.3 Å². The van der Waals surface area contributed by atoms with Gasteiger partial charge < -0.3 is 25.1 Å². The van der Waals surface area contributed by atoms with E-state index in [9.17, 15) is 13.7 Å². The van der Waals surface area contributed by atoms with Gasteiger partial charge in [-0.15, -0.1) is 0 Å². The van der Waals surface area contributed by atoms with Gasteiger partial charge in [0, 0.05) is 50.5 Å². The third kappa shape index (κ3) is 5.71. The SMILES string of the molecule is CC[C@@H](C)Nc1nc(Nc2ccc(S(=O)(=O)N3CCC(N4CCOCC4)CC3)cc2OC)nc2[nH]cc(C#N)c12. The summed E-state index contributed by atoms with van der Waals surface area (Å²) in [7, 11) is -2.19. The molecule has 0 saturated carbocycles. The van der Waals surface area contributed by atoms with Crippen LogP contribution < -0.4 is 15.4 Å². The molecule has 0 amide bonds. The van der Waals surface area contributed by atoms with Crippen LogP contribution in [0.3, 0.4) is 0 Å². The topological polar surface area (TPSA) is 148 Å². The first-order valence-corrected chi connectivity index (χ1v) is 15.1. The highest BCUT2D eigenvalue weighted by Gasteiger charge is 2.32. The van der Waals surface area contributed by atoms with Crippen molar-refractivity contribution in [2.24, 2.45) is 0 Å².